The second kappa shape index (κ2) is 4.98. The number of carbonyl (C=O) groups excluding carboxylic acids is 1. The van der Waals surface area contributed by atoms with E-state index in [1.165, 1.54) is 11.3 Å². The van der Waals surface area contributed by atoms with Crippen LogP contribution in [-0.2, 0) is 0 Å². The van der Waals surface area contributed by atoms with Gasteiger partial charge >= 0.3 is 0 Å². The zero-order valence-corrected chi connectivity index (χ0v) is 10.2. The van der Waals surface area contributed by atoms with E-state index in [-0.39, 0.29) is 5.91 Å². The van der Waals surface area contributed by atoms with Crippen molar-refractivity contribution in [3.8, 4) is 0 Å². The Bertz CT molecular complexity index is 302. The summed E-state index contributed by atoms with van der Waals surface area (Å²) in [5.41, 5.74) is 0. The molecular formula is C8H9BrClNOS. The first-order chi connectivity index (χ1) is 6.15. The Balaban J connectivity index is 2.67. The van der Waals surface area contributed by atoms with Gasteiger partial charge in [0.1, 0.15) is 0 Å². The van der Waals surface area contributed by atoms with Gasteiger partial charge in [-0.15, -0.1) is 11.3 Å². The molecule has 0 radical (unpaired) electrons. The van der Waals surface area contributed by atoms with Gasteiger partial charge in [-0.05, 0) is 12.1 Å². The lowest BCUT2D eigenvalue weighted by Gasteiger charge is -2.13. The smallest absolute Gasteiger partial charge is 0.263 e. The van der Waals surface area contributed by atoms with Crippen LogP contribution in [0.1, 0.15) is 9.67 Å². The van der Waals surface area contributed by atoms with Crippen LogP contribution in [0.2, 0.25) is 4.34 Å². The lowest BCUT2D eigenvalue weighted by atomic mass is 10.4. The van der Waals surface area contributed by atoms with Gasteiger partial charge in [-0.2, -0.15) is 0 Å². The van der Waals surface area contributed by atoms with E-state index in [1.807, 2.05) is 0 Å². The van der Waals surface area contributed by atoms with Gasteiger partial charge in [0, 0.05) is 18.9 Å². The number of halogens is 2. The molecular weight excluding hydrogens is 274 g/mol. The zero-order valence-electron chi connectivity index (χ0n) is 7.09. The summed E-state index contributed by atoms with van der Waals surface area (Å²) in [5.74, 6) is 0.0244. The van der Waals surface area contributed by atoms with Crippen molar-refractivity contribution in [1.82, 2.24) is 4.90 Å². The minimum absolute atomic E-state index is 0.0244. The van der Waals surface area contributed by atoms with E-state index in [0.717, 1.165) is 5.33 Å². The van der Waals surface area contributed by atoms with Gasteiger partial charge in [0.05, 0.1) is 9.21 Å². The maximum Gasteiger partial charge on any atom is 0.263 e. The molecule has 0 aliphatic rings. The van der Waals surface area contributed by atoms with Gasteiger partial charge in [0.15, 0.2) is 0 Å². The average Bonchev–Trinajstić information content (AvgIpc) is 2.51. The minimum atomic E-state index is 0.0244. The van der Waals surface area contributed by atoms with E-state index in [1.54, 1.807) is 24.1 Å². The molecule has 2 nitrogen and oxygen atoms in total. The van der Waals surface area contributed by atoms with Crippen LogP contribution >= 0.6 is 38.9 Å². The topological polar surface area (TPSA) is 20.3 Å². The summed E-state index contributed by atoms with van der Waals surface area (Å²) in [4.78, 5) is 14.0. The van der Waals surface area contributed by atoms with Crippen LogP contribution in [0.25, 0.3) is 0 Å². The van der Waals surface area contributed by atoms with Crippen LogP contribution in [0.3, 0.4) is 0 Å². The number of carbonyl (C=O) groups is 1. The Morgan fingerprint density at radius 2 is 2.38 bits per heavy atom. The minimum Gasteiger partial charge on any atom is -0.340 e. The molecule has 0 bridgehead atoms. The van der Waals surface area contributed by atoms with Crippen molar-refractivity contribution < 1.29 is 4.79 Å². The largest absolute Gasteiger partial charge is 0.340 e. The second-order valence-electron chi connectivity index (χ2n) is 2.52. The van der Waals surface area contributed by atoms with E-state index in [0.29, 0.717) is 15.8 Å². The highest BCUT2D eigenvalue weighted by atomic mass is 79.9. The highest BCUT2D eigenvalue weighted by molar-refractivity contribution is 9.09. The number of nitrogens with zero attached hydrogens (tertiary/aromatic N) is 1. The maximum atomic E-state index is 11.6. The van der Waals surface area contributed by atoms with Crippen molar-refractivity contribution in [2.45, 2.75) is 0 Å². The zero-order chi connectivity index (χ0) is 9.84. The van der Waals surface area contributed by atoms with Crippen LogP contribution in [0, 0.1) is 0 Å². The van der Waals surface area contributed by atoms with Gasteiger partial charge in [-0.3, -0.25) is 4.79 Å². The van der Waals surface area contributed by atoms with Crippen LogP contribution < -0.4 is 0 Å². The number of hydrogen-bond donors (Lipinski definition) is 0. The Morgan fingerprint density at radius 3 is 2.85 bits per heavy atom. The molecule has 1 aromatic rings. The van der Waals surface area contributed by atoms with Crippen LogP contribution in [0.15, 0.2) is 12.1 Å². The number of alkyl halides is 1. The molecule has 0 fully saturated rings. The van der Waals surface area contributed by atoms with Gasteiger partial charge in [0.25, 0.3) is 5.91 Å². The molecule has 0 aliphatic heterocycles. The fourth-order valence-corrected chi connectivity index (χ4v) is 2.42. The summed E-state index contributed by atoms with van der Waals surface area (Å²) in [6.45, 7) is 0.703. The van der Waals surface area contributed by atoms with Crippen molar-refractivity contribution in [3.05, 3.63) is 21.3 Å². The van der Waals surface area contributed by atoms with E-state index >= 15 is 0 Å². The van der Waals surface area contributed by atoms with Crippen molar-refractivity contribution in [2.75, 3.05) is 18.9 Å². The fourth-order valence-electron chi connectivity index (χ4n) is 0.846. The first-order valence-electron chi connectivity index (χ1n) is 3.72. The Kier molecular flexibility index (Phi) is 4.22. The summed E-state index contributed by atoms with van der Waals surface area (Å²) in [6.07, 6.45) is 0. The van der Waals surface area contributed by atoms with Gasteiger partial charge in [-0.1, -0.05) is 27.5 Å². The van der Waals surface area contributed by atoms with Gasteiger partial charge in [-0.25, -0.2) is 0 Å². The molecule has 1 rings (SSSR count). The molecule has 0 saturated carbocycles. The van der Waals surface area contributed by atoms with Crippen LogP contribution in [-0.4, -0.2) is 29.7 Å². The molecule has 72 valence electrons. The van der Waals surface area contributed by atoms with Crippen molar-refractivity contribution in [3.63, 3.8) is 0 Å². The van der Waals surface area contributed by atoms with Crippen LogP contribution in [0.4, 0.5) is 0 Å². The number of rotatable bonds is 3. The van der Waals surface area contributed by atoms with Crippen molar-refractivity contribution >= 4 is 44.8 Å². The third kappa shape index (κ3) is 2.97. The SMILES string of the molecule is CN(CCBr)C(=O)c1ccc(Cl)s1. The van der Waals surface area contributed by atoms with E-state index in [4.69, 9.17) is 11.6 Å². The Morgan fingerprint density at radius 1 is 1.69 bits per heavy atom. The quantitative estimate of drug-likeness (QED) is 0.781. The van der Waals surface area contributed by atoms with Crippen LogP contribution in [0.5, 0.6) is 0 Å². The van der Waals surface area contributed by atoms with Gasteiger partial charge in [0.2, 0.25) is 0 Å². The third-order valence-electron chi connectivity index (χ3n) is 1.55. The predicted molar refractivity (Wildman–Crippen MR) is 60.1 cm³/mol. The average molecular weight is 283 g/mol. The fraction of sp³-hybridized carbons (Fsp3) is 0.375. The molecule has 13 heavy (non-hydrogen) atoms. The van der Waals surface area contributed by atoms with E-state index < -0.39 is 0 Å². The molecule has 0 saturated heterocycles. The molecule has 0 aromatic carbocycles. The highest BCUT2D eigenvalue weighted by Gasteiger charge is 2.12. The monoisotopic (exact) mass is 281 g/mol. The molecule has 1 amide bonds. The molecule has 1 heterocycles. The predicted octanol–water partition coefficient (Wildman–Crippen LogP) is 2.87. The third-order valence-corrected chi connectivity index (χ3v) is 3.12. The molecule has 5 heteroatoms. The molecule has 0 spiro atoms. The maximum absolute atomic E-state index is 11.6. The number of thiophene rings is 1. The molecule has 0 unspecified atom stereocenters. The Labute approximate surface area is 94.6 Å². The summed E-state index contributed by atoms with van der Waals surface area (Å²) >= 11 is 10.3. The lowest BCUT2D eigenvalue weighted by molar-refractivity contribution is 0.0809. The standard InChI is InChI=1S/C8H9BrClNOS/c1-11(5-4-9)8(12)6-2-3-7(10)13-6/h2-3H,4-5H2,1H3. The Hall–Kier alpha value is -0.0600. The lowest BCUT2D eigenvalue weighted by Crippen LogP contribution is -2.27. The number of amides is 1. The van der Waals surface area contributed by atoms with Crippen molar-refractivity contribution in [1.29, 1.82) is 0 Å². The normalized spacial score (nSPS) is 10.1. The first-order valence-corrected chi connectivity index (χ1v) is 6.03. The molecule has 0 N–H and O–H groups in total. The highest BCUT2D eigenvalue weighted by Crippen LogP contribution is 2.22. The second-order valence-corrected chi connectivity index (χ2v) is 5.03. The first kappa shape index (κ1) is 11.0. The van der Waals surface area contributed by atoms with E-state index in [2.05, 4.69) is 15.9 Å². The number of hydrogen-bond acceptors (Lipinski definition) is 2. The molecule has 1 aromatic heterocycles. The van der Waals surface area contributed by atoms with Gasteiger partial charge < -0.3 is 4.90 Å². The van der Waals surface area contributed by atoms with E-state index in [9.17, 15) is 4.79 Å². The summed E-state index contributed by atoms with van der Waals surface area (Å²) < 4.78 is 0.649. The summed E-state index contributed by atoms with van der Waals surface area (Å²) in [7, 11) is 1.78. The molecule has 0 aliphatic carbocycles. The van der Waals surface area contributed by atoms with Crippen molar-refractivity contribution in [2.24, 2.45) is 0 Å². The summed E-state index contributed by atoms with van der Waals surface area (Å²) in [6, 6.07) is 3.49. The molecule has 0 atom stereocenters. The summed E-state index contributed by atoms with van der Waals surface area (Å²) in [5, 5.41) is 0.786.